The number of aromatic nitrogens is 2. The Bertz CT molecular complexity index is 4100. The zero-order valence-corrected chi connectivity index (χ0v) is 73.8. The van der Waals surface area contributed by atoms with E-state index in [1.165, 1.54) is 0 Å². The lowest BCUT2D eigenvalue weighted by atomic mass is 9.89. The minimum Gasteiger partial charge on any atom is -0.496 e. The number of nitrogens with zero attached hydrogens (tertiary/aromatic N) is 5. The molecule has 4 aromatic carbocycles. The lowest BCUT2D eigenvalue weighted by Gasteiger charge is -2.40. The summed E-state index contributed by atoms with van der Waals surface area (Å²) in [6, 6.07) is 24.3. The fraction of sp³-hybridized carbons (Fsp3) is 0.382. The van der Waals surface area contributed by atoms with E-state index in [9.17, 15) is 36.7 Å². The van der Waals surface area contributed by atoms with E-state index in [1.807, 2.05) is 110 Å². The molecule has 0 bridgehead atoms. The molecule has 34 heteroatoms. The second kappa shape index (κ2) is 42.0. The number of thiophene rings is 2. The van der Waals surface area contributed by atoms with Gasteiger partial charge in [0.1, 0.15) is 55.7 Å². The number of fused-ring (bicyclic) bond motifs is 2. The lowest BCUT2D eigenvalue weighted by Crippen LogP contribution is -2.47. The first-order chi connectivity index (χ1) is 48.1. The van der Waals surface area contributed by atoms with E-state index in [0.29, 0.717) is 37.5 Å². The number of methoxy groups -OCH3 is 2. The van der Waals surface area contributed by atoms with Gasteiger partial charge in [0.25, 0.3) is 11.1 Å². The van der Waals surface area contributed by atoms with Gasteiger partial charge >= 0.3 is 12.2 Å². The van der Waals surface area contributed by atoms with Crippen molar-refractivity contribution < 1.29 is 55.7 Å². The number of benzene rings is 4. The van der Waals surface area contributed by atoms with Crippen LogP contribution in [0.3, 0.4) is 0 Å². The van der Waals surface area contributed by atoms with Crippen LogP contribution in [0.1, 0.15) is 123 Å². The van der Waals surface area contributed by atoms with Crippen molar-refractivity contribution in [1.82, 2.24) is 30.0 Å². The summed E-state index contributed by atoms with van der Waals surface area (Å²) in [6.07, 6.45) is 12.9. The highest BCUT2D eigenvalue weighted by atomic mass is 35.5. The molecule has 0 radical (unpaired) electrons. The maximum atomic E-state index is 14.8. The molecule has 102 heavy (non-hydrogen) atoms. The molecule has 8 aromatic rings. The predicted molar refractivity (Wildman–Crippen MR) is 450 cm³/mol. The van der Waals surface area contributed by atoms with E-state index >= 15 is 0 Å². The Balaban J connectivity index is 0.000000245. The maximum Gasteiger partial charge on any atom is 0.410 e. The van der Waals surface area contributed by atoms with Gasteiger partial charge in [0, 0.05) is 87.3 Å². The van der Waals surface area contributed by atoms with Gasteiger partial charge in [-0.15, -0.1) is 85.2 Å². The molecule has 0 aliphatic heterocycles. The third-order valence-corrected chi connectivity index (χ3v) is 53.1. The van der Waals surface area contributed by atoms with Crippen molar-refractivity contribution in [2.75, 3.05) is 28.3 Å². The number of nitrogens with one attached hydrogen (secondary N) is 1. The highest BCUT2D eigenvalue weighted by Crippen LogP contribution is 2.86. The molecule has 2 saturated carbocycles. The van der Waals surface area contributed by atoms with Gasteiger partial charge in [0.2, 0.25) is 0 Å². The normalized spacial score (nSPS) is 16.0. The van der Waals surface area contributed by atoms with E-state index in [-0.39, 0.29) is 91.7 Å². The van der Waals surface area contributed by atoms with E-state index in [4.69, 9.17) is 53.8 Å². The predicted octanol–water partition coefficient (Wildman–Crippen LogP) is 23.4. The molecule has 8 atom stereocenters. The van der Waals surface area contributed by atoms with Crippen LogP contribution in [0, 0.1) is 23.3 Å². The monoisotopic (exact) mass is 1700 g/mol. The fourth-order valence-electron chi connectivity index (χ4n) is 11.1. The second-order valence-electron chi connectivity index (χ2n) is 25.5. The Morgan fingerprint density at radius 2 is 0.941 bits per heavy atom. The van der Waals surface area contributed by atoms with E-state index in [0.717, 1.165) is 126 Å². The number of amides is 3. The average Bonchev–Trinajstić information content (AvgIpc) is 1.60. The van der Waals surface area contributed by atoms with Crippen LogP contribution in [0.5, 0.6) is 11.5 Å². The molecule has 2 fully saturated rings. The Hall–Kier alpha value is -2.34. The molecule has 14 nitrogen and oxygen atoms in total. The highest BCUT2D eigenvalue weighted by Gasteiger charge is 2.37. The van der Waals surface area contributed by atoms with Gasteiger partial charge < -0.3 is 39.0 Å². The van der Waals surface area contributed by atoms with E-state index in [2.05, 4.69) is 89.9 Å². The van der Waals surface area contributed by atoms with E-state index < -0.39 is 51.7 Å². The molecule has 554 valence electrons. The smallest absolute Gasteiger partial charge is 0.410 e. The Kier molecular flexibility index (Phi) is 36.5. The minimum absolute atomic E-state index is 0.00302. The van der Waals surface area contributed by atoms with Crippen LogP contribution in [0.4, 0.5) is 27.2 Å². The summed E-state index contributed by atoms with van der Waals surface area (Å²) in [5.41, 5.74) is 5.01. The van der Waals surface area contributed by atoms with Gasteiger partial charge in [0.05, 0.1) is 44.4 Å². The molecule has 3 amide bonds. The van der Waals surface area contributed by atoms with Gasteiger partial charge in [-0.2, -0.15) is 0 Å². The molecule has 0 saturated heterocycles. The number of carbonyl (C=O) groups is 4. The van der Waals surface area contributed by atoms with Gasteiger partial charge in [-0.1, -0.05) is 43.3 Å². The third-order valence-electron chi connectivity index (χ3n) is 16.2. The number of halogens is 7. The summed E-state index contributed by atoms with van der Waals surface area (Å²) in [4.78, 5) is 63.7. The zero-order chi connectivity index (χ0) is 75.5. The quantitative estimate of drug-likeness (QED) is 0.0559. The molecule has 2 aliphatic carbocycles. The standard InChI is InChI=1S/C34H36ClF2N3O4S.C25H35N3O3.C9H2Cl2F2OS.H8P6.H7P5/c1-34(2,3)44-33(42)39(4)23-7-9-24(10-8-23)40(32(41)31-29(35)28-25(36)11-12-26(37)30(28)45-31)19-22-18-21(6-13-27(22)43-5)20-14-16-38-17-15-20;1-25(2,3)31-24(29)28(4)22-9-7-21(8-10-22)27-17-20-16-19(6-11-23(20)30-5)18-12-14-26-15-13-18;10-6-5-3(12)1-2-4(13)7(5)15-8(6)9(11)14;1-5(2)6(3)4;1-4-5(2)3/h6,11-18,23-24H,7-10,19H2,1-5H3;6,11-16,21-22,27H,7-10,17H2,1-5H3;1-2H;1-4H2;4H,1-3H2. The fourth-order valence-corrected chi connectivity index (χ4v) is 14.2. The van der Waals surface area contributed by atoms with Crippen molar-refractivity contribution in [1.29, 1.82) is 0 Å². The molecular formula is C68H88Cl3F4N6O8P11S2. The molecule has 0 spiro atoms. The first kappa shape index (κ1) is 88.6. The van der Waals surface area contributed by atoms with Crippen molar-refractivity contribution in [3.63, 3.8) is 0 Å². The number of carbonyl (C=O) groups excluding carboxylic acids is 4. The molecule has 2 aliphatic rings. The minimum atomic E-state index is -0.819. The molecule has 4 heterocycles. The highest BCUT2D eigenvalue weighted by molar-refractivity contribution is 8.92. The van der Waals surface area contributed by atoms with Crippen LogP contribution in [0.25, 0.3) is 42.4 Å². The first-order valence-electron chi connectivity index (χ1n) is 31.8. The maximum absolute atomic E-state index is 14.8. The van der Waals surface area contributed by atoms with Crippen molar-refractivity contribution >= 4 is 192 Å². The SMILES string of the molecule is COc1ccc(-c2ccncc2)cc1CN(C(=O)c1sc2c(F)ccc(F)c2c1Cl)C1CCC(N(C)C(=O)OC(C)(C)C)CC1.COc1ccc(-c2ccncc2)cc1CNC1CCC(N(C)C(=O)OC(C)(C)C)CC1.O=C(Cl)c1sc2c(F)ccc(F)c2c1Cl.PP(P)P(P)P.PPP(P)P. The van der Waals surface area contributed by atoms with Crippen molar-refractivity contribution in [2.24, 2.45) is 0 Å². The topological polar surface area (TPSA) is 153 Å². The Morgan fingerprint density at radius 3 is 1.32 bits per heavy atom. The lowest BCUT2D eigenvalue weighted by molar-refractivity contribution is 0.0142. The number of ether oxygens (including phenoxy) is 4. The van der Waals surface area contributed by atoms with Crippen LogP contribution in [-0.4, -0.2) is 112 Å². The largest absolute Gasteiger partial charge is 0.496 e. The van der Waals surface area contributed by atoms with Gasteiger partial charge in [-0.3, -0.25) is 19.6 Å². The van der Waals surface area contributed by atoms with Crippen molar-refractivity contribution in [3.05, 3.63) is 164 Å². The number of hydrogen-bond donors (Lipinski definition) is 1. The molecule has 1 N–H and O–H groups in total. The molecule has 4 aromatic heterocycles. The molecular weight excluding hydrogens is 1620 g/mol. The van der Waals surface area contributed by atoms with Crippen LogP contribution in [0.2, 0.25) is 10.0 Å². The number of rotatable bonds is 16. The second-order valence-corrected chi connectivity index (χ2v) is 62.4. The average molecular weight is 1700 g/mol. The van der Waals surface area contributed by atoms with Gasteiger partial charge in [-0.25, -0.2) is 27.2 Å². The summed E-state index contributed by atoms with van der Waals surface area (Å²) in [6.45, 7) is 12.7. The van der Waals surface area contributed by atoms with Crippen LogP contribution in [0.15, 0.2) is 110 Å². The third kappa shape index (κ3) is 26.2. The summed E-state index contributed by atoms with van der Waals surface area (Å²) in [5, 5.41) is 2.46. The number of pyridine rings is 2. The first-order valence-corrected chi connectivity index (χ1v) is 52.7. The van der Waals surface area contributed by atoms with Crippen molar-refractivity contribution in [3.8, 4) is 33.8 Å². The van der Waals surface area contributed by atoms with Gasteiger partial charge in [-0.05, 0) is 221 Å². The summed E-state index contributed by atoms with van der Waals surface area (Å²) < 4.78 is 78.4. The van der Waals surface area contributed by atoms with Crippen LogP contribution in [-0.2, 0) is 22.6 Å². The van der Waals surface area contributed by atoms with E-state index in [1.54, 1.807) is 48.4 Å². The zero-order valence-electron chi connectivity index (χ0n) is 58.1. The summed E-state index contributed by atoms with van der Waals surface area (Å²) >= 11 is 19.2. The number of hydrogen-bond acceptors (Lipinski definition) is 13. The molecule has 8 unspecified atom stereocenters. The van der Waals surface area contributed by atoms with Crippen LogP contribution < -0.4 is 14.8 Å². The van der Waals surface area contributed by atoms with Gasteiger partial charge in [0.15, 0.2) is 0 Å². The van der Waals surface area contributed by atoms with Crippen molar-refractivity contribution in [2.45, 2.75) is 141 Å². The Morgan fingerprint density at radius 1 is 0.569 bits per heavy atom. The van der Waals surface area contributed by atoms with Crippen LogP contribution >= 0.6 is 149 Å². The summed E-state index contributed by atoms with van der Waals surface area (Å²) in [7, 11) is 27.3. The Labute approximate surface area is 640 Å². The summed E-state index contributed by atoms with van der Waals surface area (Å²) in [5.74, 6) is -1.54. The molecule has 10 rings (SSSR count).